The van der Waals surface area contributed by atoms with E-state index in [1.807, 2.05) is 12.1 Å². The van der Waals surface area contributed by atoms with E-state index in [-0.39, 0.29) is 12.4 Å². The largest absolute Gasteiger partial charge is 0.454 e. The van der Waals surface area contributed by atoms with Gasteiger partial charge in [-0.25, -0.2) is 0 Å². The predicted molar refractivity (Wildman–Crippen MR) is 60.2 cm³/mol. The molecular weight excluding hydrogens is 237 g/mol. The molecule has 3 nitrogen and oxygen atoms in total. The SMILES string of the molecule is Cl.Clc1cc2c(cc1[C@@H]1CCN1)OCO2. The lowest BCUT2D eigenvalue weighted by Crippen LogP contribution is -2.35. The van der Waals surface area contributed by atoms with E-state index in [4.69, 9.17) is 21.1 Å². The molecule has 1 N–H and O–H groups in total. The fraction of sp³-hybridized carbons (Fsp3) is 0.400. The number of hydrogen-bond acceptors (Lipinski definition) is 3. The summed E-state index contributed by atoms with van der Waals surface area (Å²) < 4.78 is 10.5. The van der Waals surface area contributed by atoms with E-state index in [2.05, 4.69) is 5.32 Å². The lowest BCUT2D eigenvalue weighted by molar-refractivity contribution is 0.174. The van der Waals surface area contributed by atoms with Crippen LogP contribution in [-0.2, 0) is 0 Å². The highest BCUT2D eigenvalue weighted by atomic mass is 35.5. The van der Waals surface area contributed by atoms with Crippen molar-refractivity contribution in [3.63, 3.8) is 0 Å². The van der Waals surface area contributed by atoms with Crippen LogP contribution in [0.1, 0.15) is 18.0 Å². The van der Waals surface area contributed by atoms with Gasteiger partial charge in [-0.15, -0.1) is 12.4 Å². The van der Waals surface area contributed by atoms with Gasteiger partial charge in [0.05, 0.1) is 0 Å². The molecule has 0 bridgehead atoms. The molecule has 0 spiro atoms. The van der Waals surface area contributed by atoms with Crippen molar-refractivity contribution in [2.24, 2.45) is 0 Å². The van der Waals surface area contributed by atoms with Crippen molar-refractivity contribution in [1.29, 1.82) is 0 Å². The van der Waals surface area contributed by atoms with Gasteiger partial charge in [0.15, 0.2) is 11.5 Å². The number of hydrogen-bond donors (Lipinski definition) is 1. The zero-order valence-electron chi connectivity index (χ0n) is 7.96. The third-order valence-electron chi connectivity index (χ3n) is 2.69. The molecule has 0 radical (unpaired) electrons. The van der Waals surface area contributed by atoms with Crippen molar-refractivity contribution in [3.8, 4) is 11.5 Å². The Morgan fingerprint density at radius 1 is 1.27 bits per heavy atom. The Morgan fingerprint density at radius 2 is 1.93 bits per heavy atom. The van der Waals surface area contributed by atoms with Crippen LogP contribution in [0.5, 0.6) is 11.5 Å². The third-order valence-corrected chi connectivity index (χ3v) is 3.02. The van der Waals surface area contributed by atoms with E-state index in [1.54, 1.807) is 0 Å². The first kappa shape index (κ1) is 10.9. The van der Waals surface area contributed by atoms with Crippen molar-refractivity contribution >= 4 is 24.0 Å². The summed E-state index contributed by atoms with van der Waals surface area (Å²) in [4.78, 5) is 0. The van der Waals surface area contributed by atoms with Crippen LogP contribution in [0.4, 0.5) is 0 Å². The maximum Gasteiger partial charge on any atom is 0.231 e. The monoisotopic (exact) mass is 247 g/mol. The zero-order chi connectivity index (χ0) is 9.54. The summed E-state index contributed by atoms with van der Waals surface area (Å²) in [6.45, 7) is 1.36. The number of ether oxygens (including phenoxy) is 2. The first-order valence-electron chi connectivity index (χ1n) is 4.67. The predicted octanol–water partition coefficient (Wildman–Crippen LogP) is 2.52. The molecule has 15 heavy (non-hydrogen) atoms. The number of fused-ring (bicyclic) bond motifs is 1. The summed E-state index contributed by atoms with van der Waals surface area (Å²) in [6.07, 6.45) is 1.14. The standard InChI is InChI=1S/C10H10ClNO2.ClH/c11-7-4-10-9(13-5-14-10)3-6(7)8-1-2-12-8;/h3-4,8,12H,1-2,5H2;1H/t8-;/m0./s1. The lowest BCUT2D eigenvalue weighted by atomic mass is 9.97. The first-order chi connectivity index (χ1) is 6.84. The summed E-state index contributed by atoms with van der Waals surface area (Å²) in [6, 6.07) is 4.19. The average molecular weight is 248 g/mol. The van der Waals surface area contributed by atoms with E-state index >= 15 is 0 Å². The molecule has 0 amide bonds. The lowest BCUT2D eigenvalue weighted by Gasteiger charge is -2.28. The van der Waals surface area contributed by atoms with Gasteiger partial charge in [-0.05, 0) is 24.6 Å². The second-order valence-electron chi connectivity index (χ2n) is 3.52. The molecular formula is C10H11Cl2NO2. The maximum absolute atomic E-state index is 6.14. The Bertz CT molecular complexity index is 380. The van der Waals surface area contributed by atoms with Crippen molar-refractivity contribution in [1.82, 2.24) is 5.32 Å². The molecule has 2 heterocycles. The Balaban J connectivity index is 0.000000853. The van der Waals surface area contributed by atoms with Crippen LogP contribution in [0, 0.1) is 0 Å². The number of halogens is 2. The van der Waals surface area contributed by atoms with Crippen LogP contribution in [0.15, 0.2) is 12.1 Å². The third kappa shape index (κ3) is 1.75. The molecule has 1 aromatic rings. The summed E-state index contributed by atoms with van der Waals surface area (Å²) in [5.74, 6) is 1.55. The molecule has 2 aliphatic heterocycles. The van der Waals surface area contributed by atoms with Gasteiger partial charge in [0.25, 0.3) is 0 Å². The van der Waals surface area contributed by atoms with Crippen molar-refractivity contribution in [2.75, 3.05) is 13.3 Å². The summed E-state index contributed by atoms with van der Waals surface area (Å²) >= 11 is 6.14. The van der Waals surface area contributed by atoms with Gasteiger partial charge in [0, 0.05) is 17.1 Å². The topological polar surface area (TPSA) is 30.5 Å². The number of benzene rings is 1. The van der Waals surface area contributed by atoms with Crippen LogP contribution in [0.3, 0.4) is 0 Å². The van der Waals surface area contributed by atoms with Gasteiger partial charge < -0.3 is 14.8 Å². The summed E-state index contributed by atoms with van der Waals surface area (Å²) in [5.41, 5.74) is 1.11. The highest BCUT2D eigenvalue weighted by molar-refractivity contribution is 6.31. The van der Waals surface area contributed by atoms with Crippen molar-refractivity contribution in [2.45, 2.75) is 12.5 Å². The minimum absolute atomic E-state index is 0. The molecule has 0 aromatic heterocycles. The van der Waals surface area contributed by atoms with E-state index in [9.17, 15) is 0 Å². The van der Waals surface area contributed by atoms with Crippen LogP contribution in [-0.4, -0.2) is 13.3 Å². The smallest absolute Gasteiger partial charge is 0.231 e. The Kier molecular flexibility index (Phi) is 2.96. The van der Waals surface area contributed by atoms with Gasteiger partial charge in [-0.1, -0.05) is 11.6 Å². The molecule has 3 rings (SSSR count). The van der Waals surface area contributed by atoms with E-state index in [1.165, 1.54) is 0 Å². The summed E-state index contributed by atoms with van der Waals surface area (Å²) in [5, 5.41) is 4.07. The van der Waals surface area contributed by atoms with Gasteiger partial charge >= 0.3 is 0 Å². The molecule has 0 saturated carbocycles. The second kappa shape index (κ2) is 4.08. The highest BCUT2D eigenvalue weighted by Crippen LogP contribution is 2.40. The molecule has 82 valence electrons. The van der Waals surface area contributed by atoms with E-state index in [0.29, 0.717) is 12.8 Å². The van der Waals surface area contributed by atoms with Crippen molar-refractivity contribution in [3.05, 3.63) is 22.7 Å². The van der Waals surface area contributed by atoms with Crippen LogP contribution >= 0.6 is 24.0 Å². The number of nitrogens with one attached hydrogen (secondary N) is 1. The quantitative estimate of drug-likeness (QED) is 0.828. The van der Waals surface area contributed by atoms with Crippen molar-refractivity contribution < 1.29 is 9.47 Å². The molecule has 1 aromatic carbocycles. The molecule has 5 heteroatoms. The first-order valence-corrected chi connectivity index (χ1v) is 5.05. The molecule has 2 aliphatic rings. The molecule has 0 aliphatic carbocycles. The Labute approximate surface area is 99.1 Å². The minimum Gasteiger partial charge on any atom is -0.454 e. The fourth-order valence-electron chi connectivity index (χ4n) is 1.75. The van der Waals surface area contributed by atoms with Gasteiger partial charge in [-0.3, -0.25) is 0 Å². The molecule has 1 saturated heterocycles. The molecule has 1 atom stereocenters. The van der Waals surface area contributed by atoms with Gasteiger partial charge in [-0.2, -0.15) is 0 Å². The normalized spacial score (nSPS) is 21.8. The van der Waals surface area contributed by atoms with E-state index < -0.39 is 0 Å². The van der Waals surface area contributed by atoms with Gasteiger partial charge in [0.1, 0.15) is 0 Å². The molecule has 0 unspecified atom stereocenters. The summed E-state index contributed by atoms with van der Waals surface area (Å²) in [7, 11) is 0. The van der Waals surface area contributed by atoms with Crippen LogP contribution < -0.4 is 14.8 Å². The highest BCUT2D eigenvalue weighted by Gasteiger charge is 2.24. The zero-order valence-corrected chi connectivity index (χ0v) is 9.53. The minimum atomic E-state index is 0. The second-order valence-corrected chi connectivity index (χ2v) is 3.93. The van der Waals surface area contributed by atoms with Gasteiger partial charge in [0.2, 0.25) is 6.79 Å². The van der Waals surface area contributed by atoms with Crippen LogP contribution in [0.25, 0.3) is 0 Å². The fourth-order valence-corrected chi connectivity index (χ4v) is 2.04. The number of rotatable bonds is 1. The maximum atomic E-state index is 6.14. The Hall–Kier alpha value is -0.640. The Morgan fingerprint density at radius 3 is 2.53 bits per heavy atom. The average Bonchev–Trinajstić information content (AvgIpc) is 2.48. The van der Waals surface area contributed by atoms with Crippen LogP contribution in [0.2, 0.25) is 5.02 Å². The molecule has 1 fully saturated rings. The van der Waals surface area contributed by atoms with E-state index in [0.717, 1.165) is 35.1 Å².